The maximum atomic E-state index is 12.0. The predicted molar refractivity (Wildman–Crippen MR) is 107 cm³/mol. The van der Waals surface area contributed by atoms with Crippen LogP contribution in [0.15, 0.2) is 54.7 Å². The summed E-state index contributed by atoms with van der Waals surface area (Å²) in [4.78, 5) is 21.0. The number of ether oxygens (including phenoxy) is 2. The average Bonchev–Trinajstić information content (AvgIpc) is 2.73. The summed E-state index contributed by atoms with van der Waals surface area (Å²) in [5.41, 5.74) is 3.29. The van der Waals surface area contributed by atoms with Gasteiger partial charge in [0.1, 0.15) is 17.2 Å². The maximum absolute atomic E-state index is 12.0. The van der Waals surface area contributed by atoms with E-state index in [1.807, 2.05) is 48.5 Å². The number of methoxy groups -OCH3 is 2. The summed E-state index contributed by atoms with van der Waals surface area (Å²) < 4.78 is 10.4. The van der Waals surface area contributed by atoms with Crippen LogP contribution in [0, 0.1) is 0 Å². The third-order valence-corrected chi connectivity index (χ3v) is 3.96. The normalized spacial score (nSPS) is 9.89. The summed E-state index contributed by atoms with van der Waals surface area (Å²) in [6, 6.07) is 15.0. The lowest BCUT2D eigenvalue weighted by Crippen LogP contribution is -2.20. The third-order valence-electron chi connectivity index (χ3n) is 3.96. The van der Waals surface area contributed by atoms with E-state index in [0.29, 0.717) is 11.4 Å². The first-order chi connectivity index (χ1) is 12.7. The summed E-state index contributed by atoms with van der Waals surface area (Å²) in [7, 11) is 4.80. The average molecular weight is 386 g/mol. The summed E-state index contributed by atoms with van der Waals surface area (Å²) >= 11 is 0. The molecule has 7 heteroatoms. The van der Waals surface area contributed by atoms with Crippen molar-refractivity contribution in [1.29, 1.82) is 0 Å². The first-order valence-corrected chi connectivity index (χ1v) is 8.04. The number of aromatic nitrogens is 2. The highest BCUT2D eigenvalue weighted by Gasteiger charge is 2.15. The molecule has 0 spiro atoms. The molecule has 0 unspecified atom stereocenters. The van der Waals surface area contributed by atoms with Crippen LogP contribution < -0.4 is 14.8 Å². The van der Waals surface area contributed by atoms with Crippen LogP contribution in [-0.2, 0) is 0 Å². The Kier molecular flexibility index (Phi) is 6.73. The second-order valence-electron chi connectivity index (χ2n) is 5.49. The van der Waals surface area contributed by atoms with Gasteiger partial charge in [-0.05, 0) is 48.5 Å². The Labute approximate surface area is 164 Å². The molecule has 3 aromatic rings. The number of rotatable bonds is 5. The Morgan fingerprint density at radius 3 is 1.78 bits per heavy atom. The molecule has 0 fully saturated rings. The van der Waals surface area contributed by atoms with Gasteiger partial charge >= 0.3 is 0 Å². The van der Waals surface area contributed by atoms with E-state index in [9.17, 15) is 4.79 Å². The zero-order valence-corrected chi connectivity index (χ0v) is 16.0. The van der Waals surface area contributed by atoms with Gasteiger partial charge in [0, 0.05) is 18.2 Å². The molecular formula is C20H20ClN3O3. The fourth-order valence-electron chi connectivity index (χ4n) is 2.54. The molecule has 1 aromatic heterocycles. The molecule has 0 radical (unpaired) electrons. The van der Waals surface area contributed by atoms with E-state index in [4.69, 9.17) is 9.47 Å². The molecule has 140 valence electrons. The quantitative estimate of drug-likeness (QED) is 0.726. The minimum atomic E-state index is -0.284. The fraction of sp³-hybridized carbons (Fsp3) is 0.150. The van der Waals surface area contributed by atoms with Gasteiger partial charge in [0.25, 0.3) is 5.91 Å². The molecular weight excluding hydrogens is 366 g/mol. The van der Waals surface area contributed by atoms with Gasteiger partial charge in [0.15, 0.2) is 0 Å². The molecule has 0 bridgehead atoms. The van der Waals surface area contributed by atoms with E-state index in [1.54, 1.807) is 21.3 Å². The highest BCUT2D eigenvalue weighted by Crippen LogP contribution is 2.31. The number of nitrogens with zero attached hydrogens (tertiary/aromatic N) is 2. The molecule has 0 aliphatic rings. The molecule has 1 heterocycles. The van der Waals surface area contributed by atoms with Gasteiger partial charge in [-0.2, -0.15) is 0 Å². The molecule has 2 aromatic carbocycles. The summed E-state index contributed by atoms with van der Waals surface area (Å²) in [5.74, 6) is 1.22. The first-order valence-electron chi connectivity index (χ1n) is 8.04. The zero-order chi connectivity index (χ0) is 18.5. The molecule has 0 aliphatic carbocycles. The number of carbonyl (C=O) groups is 1. The largest absolute Gasteiger partial charge is 0.497 e. The maximum Gasteiger partial charge on any atom is 0.271 e. The zero-order valence-electron chi connectivity index (χ0n) is 15.2. The molecule has 0 aliphatic heterocycles. The number of hydrogen-bond donors (Lipinski definition) is 1. The van der Waals surface area contributed by atoms with Crippen molar-refractivity contribution >= 4 is 18.3 Å². The van der Waals surface area contributed by atoms with Crippen molar-refractivity contribution in [1.82, 2.24) is 15.3 Å². The summed E-state index contributed by atoms with van der Waals surface area (Å²) in [6.07, 6.45) is 1.48. The van der Waals surface area contributed by atoms with E-state index >= 15 is 0 Å². The van der Waals surface area contributed by atoms with E-state index in [1.165, 1.54) is 6.20 Å². The summed E-state index contributed by atoms with van der Waals surface area (Å²) in [6.45, 7) is 0. The van der Waals surface area contributed by atoms with Crippen LogP contribution in [0.3, 0.4) is 0 Å². The molecule has 0 saturated heterocycles. The van der Waals surface area contributed by atoms with Crippen LogP contribution in [0.1, 0.15) is 10.5 Å². The van der Waals surface area contributed by atoms with Crippen molar-refractivity contribution in [3.05, 3.63) is 60.4 Å². The van der Waals surface area contributed by atoms with Gasteiger partial charge in [0.05, 0.1) is 31.8 Å². The standard InChI is InChI=1S/C20H19N3O3.ClH/c1-21-20(24)17-12-22-18(13-4-8-15(25-2)9-5-13)19(23-17)14-6-10-16(26-3)11-7-14;/h4-12H,1-3H3,(H,21,24);1H. The number of halogens is 1. The number of benzene rings is 2. The number of carbonyl (C=O) groups excluding carboxylic acids is 1. The van der Waals surface area contributed by atoms with Crippen LogP contribution in [0.5, 0.6) is 11.5 Å². The first kappa shape index (κ1) is 20.2. The molecule has 6 nitrogen and oxygen atoms in total. The summed E-state index contributed by atoms with van der Waals surface area (Å²) in [5, 5.41) is 2.57. The Morgan fingerprint density at radius 2 is 1.33 bits per heavy atom. The third kappa shape index (κ3) is 4.35. The molecule has 0 saturated carbocycles. The molecule has 1 amide bonds. The SMILES string of the molecule is CNC(=O)c1cnc(-c2ccc(OC)cc2)c(-c2ccc(OC)cc2)n1.Cl. The van der Waals surface area contributed by atoms with Gasteiger partial charge in [-0.15, -0.1) is 12.4 Å². The van der Waals surface area contributed by atoms with Gasteiger partial charge in [0.2, 0.25) is 0 Å². The second kappa shape index (κ2) is 9.00. The van der Waals surface area contributed by atoms with Crippen molar-refractivity contribution in [2.45, 2.75) is 0 Å². The van der Waals surface area contributed by atoms with E-state index in [2.05, 4.69) is 15.3 Å². The number of hydrogen-bond acceptors (Lipinski definition) is 5. The highest BCUT2D eigenvalue weighted by atomic mass is 35.5. The van der Waals surface area contributed by atoms with Crippen LogP contribution in [0.2, 0.25) is 0 Å². The minimum Gasteiger partial charge on any atom is -0.497 e. The fourth-order valence-corrected chi connectivity index (χ4v) is 2.54. The predicted octanol–water partition coefficient (Wildman–Crippen LogP) is 3.61. The highest BCUT2D eigenvalue weighted by molar-refractivity contribution is 5.93. The Morgan fingerprint density at radius 1 is 0.852 bits per heavy atom. The van der Waals surface area contributed by atoms with Crippen LogP contribution in [0.4, 0.5) is 0 Å². The second-order valence-corrected chi connectivity index (χ2v) is 5.49. The van der Waals surface area contributed by atoms with Gasteiger partial charge in [-0.3, -0.25) is 9.78 Å². The molecule has 1 N–H and O–H groups in total. The Balaban J connectivity index is 0.00000261. The van der Waals surface area contributed by atoms with Crippen LogP contribution in [-0.4, -0.2) is 37.1 Å². The van der Waals surface area contributed by atoms with Crippen molar-refractivity contribution < 1.29 is 14.3 Å². The number of amides is 1. The lowest BCUT2D eigenvalue weighted by atomic mass is 10.0. The van der Waals surface area contributed by atoms with Gasteiger partial charge in [-0.25, -0.2) is 4.98 Å². The number of nitrogens with one attached hydrogen (secondary N) is 1. The van der Waals surface area contributed by atoms with Crippen LogP contribution in [0.25, 0.3) is 22.5 Å². The van der Waals surface area contributed by atoms with Crippen LogP contribution >= 0.6 is 12.4 Å². The molecule has 27 heavy (non-hydrogen) atoms. The van der Waals surface area contributed by atoms with Gasteiger partial charge < -0.3 is 14.8 Å². The smallest absolute Gasteiger partial charge is 0.271 e. The van der Waals surface area contributed by atoms with Crippen molar-refractivity contribution in [2.24, 2.45) is 0 Å². The molecule has 3 rings (SSSR count). The van der Waals surface area contributed by atoms with Crippen molar-refractivity contribution in [2.75, 3.05) is 21.3 Å². The van der Waals surface area contributed by atoms with Gasteiger partial charge in [-0.1, -0.05) is 0 Å². The molecule has 0 atom stereocenters. The van der Waals surface area contributed by atoms with E-state index in [-0.39, 0.29) is 24.0 Å². The monoisotopic (exact) mass is 385 g/mol. The van der Waals surface area contributed by atoms with E-state index in [0.717, 1.165) is 22.6 Å². The lowest BCUT2D eigenvalue weighted by molar-refractivity contribution is 0.0958. The van der Waals surface area contributed by atoms with Crippen molar-refractivity contribution in [3.63, 3.8) is 0 Å². The van der Waals surface area contributed by atoms with E-state index < -0.39 is 0 Å². The minimum absolute atomic E-state index is 0. The lowest BCUT2D eigenvalue weighted by Gasteiger charge is -2.11. The Hall–Kier alpha value is -3.12. The van der Waals surface area contributed by atoms with Crippen molar-refractivity contribution in [3.8, 4) is 34.0 Å². The Bertz CT molecular complexity index is 913. The topological polar surface area (TPSA) is 73.3 Å².